The molecule has 0 spiro atoms. The highest BCUT2D eigenvalue weighted by Crippen LogP contribution is 2.32. The summed E-state index contributed by atoms with van der Waals surface area (Å²) in [5, 5.41) is 22.5. The van der Waals surface area contributed by atoms with Gasteiger partial charge in [-0.1, -0.05) is 13.8 Å². The number of rotatable bonds is 5. The van der Waals surface area contributed by atoms with Crippen LogP contribution < -0.4 is 10.0 Å². The van der Waals surface area contributed by atoms with Crippen LogP contribution in [0, 0.1) is 28.0 Å². The normalized spacial score (nSPS) is 22.6. The first-order valence-electron chi connectivity index (χ1n) is 9.37. The minimum absolute atomic E-state index is 0.0526. The molecule has 3 rings (SSSR count). The Bertz CT molecular complexity index is 1060. The fourth-order valence-electron chi connectivity index (χ4n) is 3.79. The summed E-state index contributed by atoms with van der Waals surface area (Å²) in [6.45, 7) is 4.15. The Labute approximate surface area is 169 Å². The third kappa shape index (κ3) is 4.58. The molecule has 8 nitrogen and oxygen atoms in total. The zero-order chi connectivity index (χ0) is 21.3. The lowest BCUT2D eigenvalue weighted by Crippen LogP contribution is -2.33. The molecule has 2 aromatic rings. The van der Waals surface area contributed by atoms with E-state index < -0.39 is 22.1 Å². The van der Waals surface area contributed by atoms with Gasteiger partial charge < -0.3 is 15.0 Å². The van der Waals surface area contributed by atoms with E-state index in [9.17, 15) is 13.7 Å². The maximum absolute atomic E-state index is 13.6. The van der Waals surface area contributed by atoms with Gasteiger partial charge in [0.25, 0.3) is 0 Å². The number of aryl methyl sites for hydroxylation is 1. The Morgan fingerprint density at radius 2 is 2.28 bits per heavy atom. The van der Waals surface area contributed by atoms with Crippen LogP contribution in [0.4, 0.5) is 10.1 Å². The van der Waals surface area contributed by atoms with E-state index in [1.807, 2.05) is 0 Å². The Morgan fingerprint density at radius 1 is 1.55 bits per heavy atom. The average Bonchev–Trinajstić information content (AvgIpc) is 2.90. The van der Waals surface area contributed by atoms with Crippen LogP contribution in [0.15, 0.2) is 23.2 Å². The van der Waals surface area contributed by atoms with Gasteiger partial charge in [-0.2, -0.15) is 9.65 Å². The lowest BCUT2D eigenvalue weighted by molar-refractivity contribution is 0.198. The van der Waals surface area contributed by atoms with E-state index in [1.165, 1.54) is 6.07 Å². The highest BCUT2D eigenvalue weighted by molar-refractivity contribution is 7.90. The van der Waals surface area contributed by atoms with Crippen LogP contribution in [0.5, 0.6) is 0 Å². The fraction of sp³-hybridized carbons (Fsp3) is 0.474. The molecule has 0 radical (unpaired) electrons. The lowest BCUT2D eigenvalue weighted by Gasteiger charge is -2.19. The Balaban J connectivity index is 1.94. The average molecular weight is 421 g/mol. The number of anilines is 1. The SMILES string of the molecule is CC(C)C[C@@H]1CCc2c(cn(C)c2C(O)Nc2cc(F)nc(C#N)c2)S(=N)(=O)N1. The summed E-state index contributed by atoms with van der Waals surface area (Å²) in [6.07, 6.45) is 2.40. The first kappa shape index (κ1) is 21.2. The molecule has 10 heteroatoms. The van der Waals surface area contributed by atoms with Crippen LogP contribution in [0.2, 0.25) is 0 Å². The van der Waals surface area contributed by atoms with Crippen molar-refractivity contribution in [1.29, 1.82) is 10.0 Å². The molecule has 2 aromatic heterocycles. The van der Waals surface area contributed by atoms with Gasteiger partial charge in [-0.3, -0.25) is 0 Å². The quantitative estimate of drug-likeness (QED) is 0.437. The van der Waals surface area contributed by atoms with Crippen molar-refractivity contribution >= 4 is 15.6 Å². The van der Waals surface area contributed by atoms with Crippen molar-refractivity contribution in [3.63, 3.8) is 0 Å². The van der Waals surface area contributed by atoms with E-state index in [2.05, 4.69) is 28.9 Å². The van der Waals surface area contributed by atoms with Gasteiger partial charge in [-0.05, 0) is 36.8 Å². The van der Waals surface area contributed by atoms with Gasteiger partial charge in [0.15, 0.2) is 6.23 Å². The van der Waals surface area contributed by atoms with E-state index in [1.54, 1.807) is 23.9 Å². The van der Waals surface area contributed by atoms with Gasteiger partial charge in [-0.15, -0.1) is 0 Å². The van der Waals surface area contributed by atoms with E-state index >= 15 is 0 Å². The largest absolute Gasteiger partial charge is 0.368 e. The van der Waals surface area contributed by atoms with Crippen LogP contribution in [0.25, 0.3) is 0 Å². The number of hydrogen-bond donors (Lipinski definition) is 4. The molecule has 0 amide bonds. The molecule has 0 saturated heterocycles. The number of aliphatic hydroxyl groups excluding tert-OH is 1. The molecule has 1 aliphatic heterocycles. The smallest absolute Gasteiger partial charge is 0.216 e. The molecule has 3 heterocycles. The van der Waals surface area contributed by atoms with Crippen molar-refractivity contribution in [2.24, 2.45) is 13.0 Å². The summed E-state index contributed by atoms with van der Waals surface area (Å²) >= 11 is 0. The number of hydrogen-bond acceptors (Lipinski definition) is 6. The standard InChI is InChI=1S/C19H25FN6O2S/c1-11(2)6-12-4-5-15-16(29(22,28)25-12)10-26(3)18(15)19(27)24-13-7-14(9-21)23-17(20)8-13/h7-8,10-12,19,27H,4-6H2,1-3H3,(H,23,24)(H2,22,25,28)/t12-,19?,29?/m0/s1. The molecule has 0 bridgehead atoms. The van der Waals surface area contributed by atoms with Crippen LogP contribution in [-0.2, 0) is 23.4 Å². The lowest BCUT2D eigenvalue weighted by atomic mass is 9.98. The molecule has 0 aromatic carbocycles. The van der Waals surface area contributed by atoms with Crippen LogP contribution in [0.1, 0.15) is 49.9 Å². The topological polar surface area (TPSA) is 127 Å². The summed E-state index contributed by atoms with van der Waals surface area (Å²) in [6, 6.07) is 4.13. The van der Waals surface area contributed by atoms with Gasteiger partial charge in [-0.25, -0.2) is 18.7 Å². The molecule has 2 unspecified atom stereocenters. The van der Waals surface area contributed by atoms with E-state index in [0.717, 1.165) is 12.5 Å². The second-order valence-corrected chi connectivity index (χ2v) is 9.52. The Kier molecular flexibility index (Phi) is 5.93. The van der Waals surface area contributed by atoms with Crippen molar-refractivity contribution in [2.75, 3.05) is 5.32 Å². The molecule has 4 N–H and O–H groups in total. The highest BCUT2D eigenvalue weighted by atomic mass is 32.2. The second kappa shape index (κ2) is 8.10. The van der Waals surface area contributed by atoms with Crippen LogP contribution in [0.3, 0.4) is 0 Å². The highest BCUT2D eigenvalue weighted by Gasteiger charge is 2.31. The molecular weight excluding hydrogens is 395 g/mol. The fourth-order valence-corrected chi connectivity index (χ4v) is 5.46. The summed E-state index contributed by atoms with van der Waals surface area (Å²) in [5.41, 5.74) is 1.21. The van der Waals surface area contributed by atoms with Gasteiger partial charge in [0.1, 0.15) is 21.7 Å². The minimum atomic E-state index is -3.22. The summed E-state index contributed by atoms with van der Waals surface area (Å²) in [4.78, 5) is 3.81. The van der Waals surface area contributed by atoms with E-state index in [0.29, 0.717) is 34.9 Å². The number of aliphatic hydroxyl groups is 1. The molecule has 1 aliphatic rings. The number of pyridine rings is 1. The molecule has 3 atom stereocenters. The predicted octanol–water partition coefficient (Wildman–Crippen LogP) is 2.81. The maximum Gasteiger partial charge on any atom is 0.216 e. The van der Waals surface area contributed by atoms with Crippen LogP contribution >= 0.6 is 0 Å². The molecule has 0 aliphatic carbocycles. The Morgan fingerprint density at radius 3 is 2.93 bits per heavy atom. The maximum atomic E-state index is 13.6. The third-order valence-corrected chi connectivity index (χ3v) is 6.55. The first-order chi connectivity index (χ1) is 13.6. The van der Waals surface area contributed by atoms with Crippen molar-refractivity contribution < 1.29 is 13.7 Å². The molecule has 0 saturated carbocycles. The first-order valence-corrected chi connectivity index (χ1v) is 10.9. The number of nitrogens with zero attached hydrogens (tertiary/aromatic N) is 3. The Hall–Kier alpha value is -2.48. The van der Waals surface area contributed by atoms with Crippen molar-refractivity contribution in [1.82, 2.24) is 14.3 Å². The number of nitrogens with one attached hydrogen (secondary N) is 3. The number of nitriles is 1. The second-order valence-electron chi connectivity index (χ2n) is 7.73. The van der Waals surface area contributed by atoms with E-state index in [-0.39, 0.29) is 17.4 Å². The zero-order valence-corrected chi connectivity index (χ0v) is 17.4. The molecule has 156 valence electrons. The van der Waals surface area contributed by atoms with Gasteiger partial charge in [0, 0.05) is 31.0 Å². The molecule has 0 fully saturated rings. The molecular formula is C19H25FN6O2S. The number of aromatic nitrogens is 2. The van der Waals surface area contributed by atoms with Crippen molar-refractivity contribution in [3.05, 3.63) is 41.2 Å². The van der Waals surface area contributed by atoms with E-state index in [4.69, 9.17) is 10.0 Å². The van der Waals surface area contributed by atoms with Crippen molar-refractivity contribution in [2.45, 2.75) is 50.3 Å². The summed E-state index contributed by atoms with van der Waals surface area (Å²) in [7, 11) is -1.52. The molecule has 29 heavy (non-hydrogen) atoms. The van der Waals surface area contributed by atoms with Gasteiger partial charge in [0.05, 0.1) is 10.6 Å². The zero-order valence-electron chi connectivity index (χ0n) is 16.6. The van der Waals surface area contributed by atoms with Crippen LogP contribution in [-0.4, -0.2) is 24.9 Å². The van der Waals surface area contributed by atoms with Crippen molar-refractivity contribution in [3.8, 4) is 6.07 Å². The van der Waals surface area contributed by atoms with Gasteiger partial charge in [0.2, 0.25) is 5.95 Å². The number of halogens is 1. The summed E-state index contributed by atoms with van der Waals surface area (Å²) in [5.74, 6) is -0.437. The third-order valence-electron chi connectivity index (χ3n) is 4.91. The minimum Gasteiger partial charge on any atom is -0.368 e. The summed E-state index contributed by atoms with van der Waals surface area (Å²) < 4.78 is 39.7. The van der Waals surface area contributed by atoms with Gasteiger partial charge >= 0.3 is 0 Å². The number of fused-ring (bicyclic) bond motifs is 1. The predicted molar refractivity (Wildman–Crippen MR) is 107 cm³/mol. The monoisotopic (exact) mass is 420 g/mol.